The van der Waals surface area contributed by atoms with Crippen molar-refractivity contribution in [3.8, 4) is 0 Å². The molecule has 1 amide bonds. The van der Waals surface area contributed by atoms with E-state index in [1.807, 2.05) is 41.9 Å². The summed E-state index contributed by atoms with van der Waals surface area (Å²) in [6.45, 7) is 2.05. The standard InChI is InChI=1S/C22H20BrN3O2S/c1-13-6-5-7-14(10-13)12-29-22-25-21(28)19-16(15-8-3-4-9-17(15)23)11-18(27)24-20(19)26(22)2/h3-10,16H,11-12H2,1-2H3,(H,24,27). The average Bonchev–Trinajstić information content (AvgIpc) is 2.69. The molecule has 1 unspecified atom stereocenters. The lowest BCUT2D eigenvalue weighted by Crippen LogP contribution is -2.33. The van der Waals surface area contributed by atoms with Gasteiger partial charge in [0.15, 0.2) is 5.16 Å². The van der Waals surface area contributed by atoms with Gasteiger partial charge in [-0.3, -0.25) is 9.59 Å². The number of carbonyl (C=O) groups is 1. The molecule has 0 saturated heterocycles. The number of anilines is 1. The fourth-order valence-corrected chi connectivity index (χ4v) is 5.11. The Morgan fingerprint density at radius 1 is 1.21 bits per heavy atom. The van der Waals surface area contributed by atoms with E-state index in [1.54, 1.807) is 0 Å². The van der Waals surface area contributed by atoms with Gasteiger partial charge in [0.1, 0.15) is 5.82 Å². The molecule has 5 nitrogen and oxygen atoms in total. The third-order valence-corrected chi connectivity index (χ3v) is 6.86. The highest BCUT2D eigenvalue weighted by atomic mass is 79.9. The van der Waals surface area contributed by atoms with Gasteiger partial charge >= 0.3 is 0 Å². The van der Waals surface area contributed by atoms with Gasteiger partial charge < -0.3 is 9.88 Å². The summed E-state index contributed by atoms with van der Waals surface area (Å²) >= 11 is 5.04. The van der Waals surface area contributed by atoms with Crippen LogP contribution in [-0.2, 0) is 17.6 Å². The first-order chi connectivity index (χ1) is 13.9. The van der Waals surface area contributed by atoms with Crippen molar-refractivity contribution in [3.63, 3.8) is 0 Å². The monoisotopic (exact) mass is 469 g/mol. The minimum Gasteiger partial charge on any atom is -0.312 e. The predicted octanol–water partition coefficient (Wildman–Crippen LogP) is 4.62. The van der Waals surface area contributed by atoms with Crippen molar-refractivity contribution >= 4 is 39.4 Å². The zero-order valence-corrected chi connectivity index (χ0v) is 18.5. The smallest absolute Gasteiger partial charge is 0.279 e. The Kier molecular flexibility index (Phi) is 5.61. The molecule has 1 atom stereocenters. The van der Waals surface area contributed by atoms with Crippen molar-refractivity contribution < 1.29 is 4.79 Å². The van der Waals surface area contributed by atoms with Crippen LogP contribution in [0, 0.1) is 6.92 Å². The maximum atomic E-state index is 13.0. The summed E-state index contributed by atoms with van der Waals surface area (Å²) in [5, 5.41) is 3.48. The van der Waals surface area contributed by atoms with E-state index < -0.39 is 0 Å². The second kappa shape index (κ2) is 8.16. The van der Waals surface area contributed by atoms with E-state index in [4.69, 9.17) is 0 Å². The molecule has 1 N–H and O–H groups in total. The maximum absolute atomic E-state index is 13.0. The van der Waals surface area contributed by atoms with Crippen LogP contribution in [0.5, 0.6) is 0 Å². The van der Waals surface area contributed by atoms with Gasteiger partial charge in [-0.15, -0.1) is 0 Å². The predicted molar refractivity (Wildman–Crippen MR) is 119 cm³/mol. The summed E-state index contributed by atoms with van der Waals surface area (Å²) < 4.78 is 2.70. The fourth-order valence-electron chi connectivity index (χ4n) is 3.64. The van der Waals surface area contributed by atoms with E-state index in [-0.39, 0.29) is 23.8 Å². The third kappa shape index (κ3) is 4.02. The molecule has 7 heteroatoms. The number of nitrogens with one attached hydrogen (secondary N) is 1. The van der Waals surface area contributed by atoms with Crippen LogP contribution in [0.2, 0.25) is 0 Å². The van der Waals surface area contributed by atoms with E-state index >= 15 is 0 Å². The number of fused-ring (bicyclic) bond motifs is 1. The van der Waals surface area contributed by atoms with Gasteiger partial charge in [-0.05, 0) is 24.1 Å². The van der Waals surface area contributed by atoms with Gasteiger partial charge in [-0.1, -0.05) is 75.7 Å². The van der Waals surface area contributed by atoms with Gasteiger partial charge in [-0.25, -0.2) is 0 Å². The number of halogens is 1. The quantitative estimate of drug-likeness (QED) is 0.447. The molecule has 1 aromatic heterocycles. The lowest BCUT2D eigenvalue weighted by molar-refractivity contribution is -0.116. The second-order valence-electron chi connectivity index (χ2n) is 7.12. The molecule has 0 fully saturated rings. The van der Waals surface area contributed by atoms with Crippen molar-refractivity contribution in [1.82, 2.24) is 9.55 Å². The maximum Gasteiger partial charge on any atom is 0.279 e. The molecule has 0 saturated carbocycles. The molecular formula is C22H20BrN3O2S. The Morgan fingerprint density at radius 3 is 2.76 bits per heavy atom. The SMILES string of the molecule is Cc1cccc(CSc2nc(=O)c3c(n2C)NC(=O)CC3c2ccccc2Br)c1. The highest BCUT2D eigenvalue weighted by Gasteiger charge is 2.32. The number of amides is 1. The van der Waals surface area contributed by atoms with E-state index in [0.29, 0.717) is 22.3 Å². The van der Waals surface area contributed by atoms with E-state index in [1.165, 1.54) is 17.3 Å². The van der Waals surface area contributed by atoms with Crippen LogP contribution >= 0.6 is 27.7 Å². The molecule has 0 bridgehead atoms. The van der Waals surface area contributed by atoms with Crippen molar-refractivity contribution in [3.05, 3.63) is 85.6 Å². The average molecular weight is 470 g/mol. The third-order valence-electron chi connectivity index (χ3n) is 5.03. The Hall–Kier alpha value is -2.38. The number of thioether (sulfide) groups is 1. The van der Waals surface area contributed by atoms with E-state index in [0.717, 1.165) is 15.6 Å². The van der Waals surface area contributed by atoms with E-state index in [2.05, 4.69) is 51.4 Å². The number of aromatic nitrogens is 2. The van der Waals surface area contributed by atoms with Crippen molar-refractivity contribution in [1.29, 1.82) is 0 Å². The molecule has 0 radical (unpaired) electrons. The van der Waals surface area contributed by atoms with Crippen molar-refractivity contribution in [2.75, 3.05) is 5.32 Å². The Labute approximate surface area is 181 Å². The Morgan fingerprint density at radius 2 is 2.00 bits per heavy atom. The molecule has 1 aliphatic heterocycles. The first-order valence-electron chi connectivity index (χ1n) is 9.27. The molecule has 148 valence electrons. The molecular weight excluding hydrogens is 450 g/mol. The van der Waals surface area contributed by atoms with Gasteiger partial charge in [-0.2, -0.15) is 4.98 Å². The first kappa shape index (κ1) is 19.9. The second-order valence-corrected chi connectivity index (χ2v) is 8.92. The molecule has 0 spiro atoms. The molecule has 1 aliphatic rings. The van der Waals surface area contributed by atoms with Crippen LogP contribution in [0.15, 0.2) is 63.0 Å². The van der Waals surface area contributed by atoms with Gasteiger partial charge in [0.05, 0.1) is 5.56 Å². The molecule has 2 aromatic carbocycles. The van der Waals surface area contributed by atoms with Crippen LogP contribution in [0.25, 0.3) is 0 Å². The van der Waals surface area contributed by atoms with Gasteiger partial charge in [0.2, 0.25) is 5.91 Å². The zero-order chi connectivity index (χ0) is 20.5. The number of nitrogens with zero attached hydrogens (tertiary/aromatic N) is 2. The molecule has 3 aromatic rings. The highest BCUT2D eigenvalue weighted by molar-refractivity contribution is 9.10. The van der Waals surface area contributed by atoms with Gasteiger partial charge in [0, 0.05) is 29.6 Å². The summed E-state index contributed by atoms with van der Waals surface area (Å²) in [4.78, 5) is 29.8. The highest BCUT2D eigenvalue weighted by Crippen LogP contribution is 2.38. The van der Waals surface area contributed by atoms with Crippen molar-refractivity contribution in [2.45, 2.75) is 30.2 Å². The topological polar surface area (TPSA) is 64.0 Å². The zero-order valence-electron chi connectivity index (χ0n) is 16.1. The number of carbonyl (C=O) groups excluding carboxylic acids is 1. The Bertz CT molecular complexity index is 1160. The minimum atomic E-state index is -0.323. The largest absolute Gasteiger partial charge is 0.312 e. The molecule has 0 aliphatic carbocycles. The number of hydrogen-bond acceptors (Lipinski definition) is 4. The molecule has 29 heavy (non-hydrogen) atoms. The van der Waals surface area contributed by atoms with Crippen molar-refractivity contribution in [2.24, 2.45) is 7.05 Å². The summed E-state index contributed by atoms with van der Waals surface area (Å²) in [6.07, 6.45) is 0.225. The Balaban J connectivity index is 1.73. The number of rotatable bonds is 4. The molecule has 4 rings (SSSR count). The summed E-state index contributed by atoms with van der Waals surface area (Å²) in [7, 11) is 1.84. The number of benzene rings is 2. The fraction of sp³-hybridized carbons (Fsp3) is 0.227. The van der Waals surface area contributed by atoms with Crippen LogP contribution in [0.4, 0.5) is 5.82 Å². The number of hydrogen-bond donors (Lipinski definition) is 1. The van der Waals surface area contributed by atoms with Crippen LogP contribution in [-0.4, -0.2) is 15.5 Å². The number of aryl methyl sites for hydroxylation is 1. The minimum absolute atomic E-state index is 0.103. The lowest BCUT2D eigenvalue weighted by Gasteiger charge is -2.28. The lowest BCUT2D eigenvalue weighted by atomic mass is 9.87. The molecule has 2 heterocycles. The normalized spacial score (nSPS) is 15.7. The van der Waals surface area contributed by atoms with Crippen LogP contribution < -0.4 is 10.9 Å². The summed E-state index contributed by atoms with van der Waals surface area (Å²) in [5.41, 5.74) is 3.53. The van der Waals surface area contributed by atoms with Gasteiger partial charge in [0.25, 0.3) is 5.56 Å². The van der Waals surface area contributed by atoms with Crippen LogP contribution in [0.1, 0.15) is 34.6 Å². The summed E-state index contributed by atoms with van der Waals surface area (Å²) in [6, 6.07) is 15.9. The summed E-state index contributed by atoms with van der Waals surface area (Å²) in [5.74, 6) is 0.807. The first-order valence-corrected chi connectivity index (χ1v) is 11.1. The van der Waals surface area contributed by atoms with Crippen LogP contribution in [0.3, 0.4) is 0 Å². The van der Waals surface area contributed by atoms with E-state index in [9.17, 15) is 9.59 Å².